The van der Waals surface area contributed by atoms with Gasteiger partial charge in [-0.05, 0) is 32.0 Å². The van der Waals surface area contributed by atoms with Gasteiger partial charge in [-0.3, -0.25) is 0 Å². The lowest BCUT2D eigenvalue weighted by Gasteiger charge is -2.04. The molecule has 0 aliphatic heterocycles. The van der Waals surface area contributed by atoms with Crippen molar-refractivity contribution in [3.05, 3.63) is 35.7 Å². The molecule has 90 valence electrons. The van der Waals surface area contributed by atoms with E-state index in [9.17, 15) is 8.78 Å². The number of rotatable bonds is 2. The van der Waals surface area contributed by atoms with Crippen LogP contribution < -0.4 is 5.73 Å². The van der Waals surface area contributed by atoms with E-state index in [1.165, 1.54) is 0 Å². The molecule has 2 rings (SSSR count). The van der Waals surface area contributed by atoms with Gasteiger partial charge in [0.2, 0.25) is 0 Å². The standard InChI is InChI=1S/C12H13F2N3/c1-3-17-7(2)16-11(12(17)15)9-6-8(13)4-5-10(9)14/h4-6H,3,15H2,1-2H3. The van der Waals surface area contributed by atoms with Gasteiger partial charge in [0, 0.05) is 12.1 Å². The second-order valence-corrected chi connectivity index (χ2v) is 3.76. The molecule has 5 heteroatoms. The van der Waals surface area contributed by atoms with Gasteiger partial charge in [-0.2, -0.15) is 0 Å². The highest BCUT2D eigenvalue weighted by molar-refractivity contribution is 5.71. The maximum Gasteiger partial charge on any atom is 0.132 e. The van der Waals surface area contributed by atoms with Crippen molar-refractivity contribution in [2.45, 2.75) is 20.4 Å². The molecule has 0 spiro atoms. The van der Waals surface area contributed by atoms with Gasteiger partial charge in [0.05, 0.1) is 0 Å². The van der Waals surface area contributed by atoms with Crippen molar-refractivity contribution in [3.63, 3.8) is 0 Å². The molecule has 1 aromatic carbocycles. The van der Waals surface area contributed by atoms with Crippen molar-refractivity contribution >= 4 is 5.82 Å². The van der Waals surface area contributed by atoms with Gasteiger partial charge in [0.1, 0.15) is 29.0 Å². The first-order valence-electron chi connectivity index (χ1n) is 5.32. The van der Waals surface area contributed by atoms with E-state index in [-0.39, 0.29) is 5.56 Å². The number of hydrogen-bond acceptors (Lipinski definition) is 2. The molecule has 0 saturated heterocycles. The fraction of sp³-hybridized carbons (Fsp3) is 0.250. The Morgan fingerprint density at radius 2 is 2.06 bits per heavy atom. The topological polar surface area (TPSA) is 43.8 Å². The summed E-state index contributed by atoms with van der Waals surface area (Å²) in [6.07, 6.45) is 0. The summed E-state index contributed by atoms with van der Waals surface area (Å²) in [5.74, 6) is 0.00140. The van der Waals surface area contributed by atoms with E-state index in [2.05, 4.69) is 4.98 Å². The number of nitrogens with zero attached hydrogens (tertiary/aromatic N) is 2. The van der Waals surface area contributed by atoms with Crippen molar-refractivity contribution in [1.29, 1.82) is 0 Å². The second-order valence-electron chi connectivity index (χ2n) is 3.76. The van der Waals surface area contributed by atoms with E-state index in [0.717, 1.165) is 18.2 Å². The Bertz CT molecular complexity index is 561. The minimum atomic E-state index is -0.529. The Balaban J connectivity index is 2.64. The van der Waals surface area contributed by atoms with Crippen LogP contribution in [-0.2, 0) is 6.54 Å². The molecule has 2 aromatic rings. The lowest BCUT2D eigenvalue weighted by molar-refractivity contribution is 0.603. The van der Waals surface area contributed by atoms with Gasteiger partial charge in [0.25, 0.3) is 0 Å². The van der Waals surface area contributed by atoms with Crippen LogP contribution in [0.25, 0.3) is 11.3 Å². The first-order valence-corrected chi connectivity index (χ1v) is 5.32. The number of halogens is 2. The van der Waals surface area contributed by atoms with Crippen LogP contribution in [0.5, 0.6) is 0 Å². The number of aromatic nitrogens is 2. The number of benzene rings is 1. The normalized spacial score (nSPS) is 10.8. The highest BCUT2D eigenvalue weighted by Crippen LogP contribution is 2.28. The number of nitrogen functional groups attached to an aromatic ring is 1. The van der Waals surface area contributed by atoms with E-state index in [1.807, 2.05) is 6.92 Å². The Hall–Kier alpha value is -1.91. The summed E-state index contributed by atoms with van der Waals surface area (Å²) in [4.78, 5) is 4.18. The van der Waals surface area contributed by atoms with Crippen molar-refractivity contribution in [2.75, 3.05) is 5.73 Å². The fourth-order valence-corrected chi connectivity index (χ4v) is 1.86. The van der Waals surface area contributed by atoms with Gasteiger partial charge in [-0.1, -0.05) is 0 Å². The number of nitrogens with two attached hydrogens (primary N) is 1. The fourth-order valence-electron chi connectivity index (χ4n) is 1.86. The summed E-state index contributed by atoms with van der Waals surface area (Å²) in [5.41, 5.74) is 6.27. The molecule has 0 unspecified atom stereocenters. The average Bonchev–Trinajstić information content (AvgIpc) is 2.57. The Kier molecular flexibility index (Phi) is 2.83. The predicted molar refractivity (Wildman–Crippen MR) is 62.4 cm³/mol. The minimum Gasteiger partial charge on any atom is -0.383 e. The van der Waals surface area contributed by atoms with E-state index in [1.54, 1.807) is 11.5 Å². The molecule has 3 nitrogen and oxygen atoms in total. The SMILES string of the molecule is CCn1c(C)nc(-c2cc(F)ccc2F)c1N. The van der Waals surface area contributed by atoms with Crippen LogP contribution in [-0.4, -0.2) is 9.55 Å². The van der Waals surface area contributed by atoms with Crippen LogP contribution >= 0.6 is 0 Å². The average molecular weight is 237 g/mol. The van der Waals surface area contributed by atoms with Crippen LogP contribution in [0.4, 0.5) is 14.6 Å². The van der Waals surface area contributed by atoms with Crippen LogP contribution in [0.15, 0.2) is 18.2 Å². The summed E-state index contributed by atoms with van der Waals surface area (Å²) in [5, 5.41) is 0. The second kappa shape index (κ2) is 4.16. The molecule has 0 bridgehead atoms. The third kappa shape index (κ3) is 1.88. The molecule has 0 amide bonds. The molecule has 1 aromatic heterocycles. The monoisotopic (exact) mass is 237 g/mol. The van der Waals surface area contributed by atoms with Crippen LogP contribution in [0.1, 0.15) is 12.7 Å². The maximum atomic E-state index is 13.6. The maximum absolute atomic E-state index is 13.6. The summed E-state index contributed by atoms with van der Waals surface area (Å²) in [7, 11) is 0. The molecular weight excluding hydrogens is 224 g/mol. The smallest absolute Gasteiger partial charge is 0.132 e. The zero-order chi connectivity index (χ0) is 12.6. The molecule has 0 fully saturated rings. The molecule has 2 N–H and O–H groups in total. The summed E-state index contributed by atoms with van der Waals surface area (Å²) >= 11 is 0. The van der Waals surface area contributed by atoms with Crippen LogP contribution in [0.3, 0.4) is 0 Å². The largest absolute Gasteiger partial charge is 0.383 e. The molecule has 0 aliphatic carbocycles. The molecule has 0 aliphatic rings. The van der Waals surface area contributed by atoms with Crippen LogP contribution in [0, 0.1) is 18.6 Å². The zero-order valence-corrected chi connectivity index (χ0v) is 9.67. The quantitative estimate of drug-likeness (QED) is 0.872. The van der Waals surface area contributed by atoms with Crippen LogP contribution in [0.2, 0.25) is 0 Å². The van der Waals surface area contributed by atoms with Gasteiger partial charge in [0.15, 0.2) is 0 Å². The molecule has 17 heavy (non-hydrogen) atoms. The number of imidazole rings is 1. The Morgan fingerprint density at radius 3 is 2.65 bits per heavy atom. The summed E-state index contributed by atoms with van der Waals surface area (Å²) in [6, 6.07) is 3.25. The van der Waals surface area contributed by atoms with E-state index in [4.69, 9.17) is 5.73 Å². The number of aryl methyl sites for hydroxylation is 1. The Morgan fingerprint density at radius 1 is 1.35 bits per heavy atom. The van der Waals surface area contributed by atoms with Crippen molar-refractivity contribution in [3.8, 4) is 11.3 Å². The van der Waals surface area contributed by atoms with Gasteiger partial charge in [-0.15, -0.1) is 0 Å². The molecule has 1 heterocycles. The number of anilines is 1. The summed E-state index contributed by atoms with van der Waals surface area (Å²) < 4.78 is 28.5. The molecule has 0 saturated carbocycles. The molecule has 0 atom stereocenters. The highest BCUT2D eigenvalue weighted by Gasteiger charge is 2.16. The third-order valence-electron chi connectivity index (χ3n) is 2.70. The first kappa shape index (κ1) is 11.6. The van der Waals surface area contributed by atoms with Crippen molar-refractivity contribution in [2.24, 2.45) is 0 Å². The highest BCUT2D eigenvalue weighted by atomic mass is 19.1. The van der Waals surface area contributed by atoms with E-state index < -0.39 is 11.6 Å². The number of hydrogen-bond donors (Lipinski definition) is 1. The lowest BCUT2D eigenvalue weighted by Crippen LogP contribution is -2.02. The van der Waals surface area contributed by atoms with Gasteiger partial charge >= 0.3 is 0 Å². The zero-order valence-electron chi connectivity index (χ0n) is 9.67. The van der Waals surface area contributed by atoms with Crippen molar-refractivity contribution < 1.29 is 8.78 Å². The van der Waals surface area contributed by atoms with E-state index >= 15 is 0 Å². The lowest BCUT2D eigenvalue weighted by atomic mass is 10.1. The minimum absolute atomic E-state index is 0.0952. The van der Waals surface area contributed by atoms with E-state index in [0.29, 0.717) is 23.9 Å². The molecular formula is C12H13F2N3. The first-order chi connectivity index (χ1) is 8.04. The third-order valence-corrected chi connectivity index (χ3v) is 2.70. The molecule has 0 radical (unpaired) electrons. The van der Waals surface area contributed by atoms with Gasteiger partial charge in [-0.25, -0.2) is 13.8 Å². The van der Waals surface area contributed by atoms with Gasteiger partial charge < -0.3 is 10.3 Å². The predicted octanol–water partition coefficient (Wildman–Crippen LogP) is 2.74. The summed E-state index contributed by atoms with van der Waals surface area (Å²) in [6.45, 7) is 4.33. The van der Waals surface area contributed by atoms with Crippen molar-refractivity contribution in [1.82, 2.24) is 9.55 Å². The Labute approximate surface area is 97.9 Å².